The molecule has 0 bridgehead atoms. The summed E-state index contributed by atoms with van der Waals surface area (Å²) in [6, 6.07) is 0. The number of ether oxygens (including phenoxy) is 2. The Bertz CT molecular complexity index is 187. The molecule has 1 aliphatic heterocycles. The van der Waals surface area contributed by atoms with Gasteiger partial charge in [-0.2, -0.15) is 0 Å². The maximum atomic E-state index is 10.1. The molecule has 3 nitrogen and oxygen atoms in total. The van der Waals surface area contributed by atoms with Gasteiger partial charge >= 0.3 is 0 Å². The van der Waals surface area contributed by atoms with Gasteiger partial charge in [-0.05, 0) is 26.7 Å². The second-order valence-corrected chi connectivity index (χ2v) is 4.15. The zero-order chi connectivity index (χ0) is 10.4. The van der Waals surface area contributed by atoms with Crippen molar-refractivity contribution < 1.29 is 14.6 Å². The molecule has 3 heteroatoms. The van der Waals surface area contributed by atoms with Crippen LogP contribution in [0.5, 0.6) is 0 Å². The summed E-state index contributed by atoms with van der Waals surface area (Å²) in [5, 5.41) is 10.1. The van der Waals surface area contributed by atoms with Gasteiger partial charge in [0, 0.05) is 0 Å². The van der Waals surface area contributed by atoms with Gasteiger partial charge in [-0.15, -0.1) is 0 Å². The summed E-state index contributed by atoms with van der Waals surface area (Å²) in [5.74, 6) is 0. The molecule has 1 N–H and O–H groups in total. The van der Waals surface area contributed by atoms with Crippen molar-refractivity contribution >= 4 is 0 Å². The largest absolute Gasteiger partial charge is 0.385 e. The Morgan fingerprint density at radius 2 is 1.86 bits per heavy atom. The molecule has 0 spiro atoms. The van der Waals surface area contributed by atoms with Gasteiger partial charge in [0.25, 0.3) is 0 Å². The highest BCUT2D eigenvalue weighted by molar-refractivity contribution is 4.94. The van der Waals surface area contributed by atoms with E-state index < -0.39 is 5.60 Å². The third-order valence-electron chi connectivity index (χ3n) is 2.28. The van der Waals surface area contributed by atoms with E-state index in [0.29, 0.717) is 32.8 Å². The number of hydrogen-bond acceptors (Lipinski definition) is 3. The van der Waals surface area contributed by atoms with Crippen LogP contribution in [-0.4, -0.2) is 37.1 Å². The minimum atomic E-state index is -0.789. The molecule has 0 aromatic heterocycles. The molecular weight excluding hydrogens is 180 g/mol. The second-order valence-electron chi connectivity index (χ2n) is 4.15. The first-order valence-electron chi connectivity index (χ1n) is 5.14. The first-order valence-corrected chi connectivity index (χ1v) is 5.14. The maximum Gasteiger partial charge on any atom is 0.111 e. The van der Waals surface area contributed by atoms with Crippen molar-refractivity contribution in [3.05, 3.63) is 11.6 Å². The first kappa shape index (κ1) is 11.7. The van der Waals surface area contributed by atoms with Crippen LogP contribution in [0.15, 0.2) is 11.6 Å². The van der Waals surface area contributed by atoms with Crippen LogP contribution in [0.4, 0.5) is 0 Å². The maximum absolute atomic E-state index is 10.1. The van der Waals surface area contributed by atoms with E-state index in [-0.39, 0.29) is 0 Å². The Kier molecular flexibility index (Phi) is 4.58. The quantitative estimate of drug-likeness (QED) is 0.702. The monoisotopic (exact) mass is 200 g/mol. The fourth-order valence-corrected chi connectivity index (χ4v) is 1.46. The summed E-state index contributed by atoms with van der Waals surface area (Å²) in [7, 11) is 0. The van der Waals surface area contributed by atoms with Gasteiger partial charge in [0.15, 0.2) is 0 Å². The lowest BCUT2D eigenvalue weighted by Gasteiger charge is -2.24. The number of hydrogen-bond donors (Lipinski definition) is 1. The normalized spacial score (nSPS) is 21.4. The van der Waals surface area contributed by atoms with Crippen LogP contribution in [0, 0.1) is 0 Å². The van der Waals surface area contributed by atoms with E-state index in [0.717, 1.165) is 6.42 Å². The minimum Gasteiger partial charge on any atom is -0.385 e. The topological polar surface area (TPSA) is 38.7 Å². The molecule has 82 valence electrons. The van der Waals surface area contributed by atoms with Crippen LogP contribution in [0.2, 0.25) is 0 Å². The second kappa shape index (κ2) is 5.49. The summed E-state index contributed by atoms with van der Waals surface area (Å²) in [6.07, 6.45) is 3.71. The van der Waals surface area contributed by atoms with E-state index >= 15 is 0 Å². The summed E-state index contributed by atoms with van der Waals surface area (Å²) in [6.45, 7) is 6.08. The summed E-state index contributed by atoms with van der Waals surface area (Å²) in [5.41, 5.74) is 0.492. The minimum absolute atomic E-state index is 0.392. The molecular formula is C11H20O3. The van der Waals surface area contributed by atoms with Gasteiger partial charge in [0.1, 0.15) is 5.60 Å². The molecule has 0 unspecified atom stereocenters. The molecule has 1 heterocycles. The van der Waals surface area contributed by atoms with Crippen molar-refractivity contribution in [1.29, 1.82) is 0 Å². The predicted molar refractivity (Wildman–Crippen MR) is 55.3 cm³/mol. The van der Waals surface area contributed by atoms with Crippen LogP contribution in [0.3, 0.4) is 0 Å². The zero-order valence-corrected chi connectivity index (χ0v) is 9.08. The lowest BCUT2D eigenvalue weighted by Crippen LogP contribution is -2.37. The van der Waals surface area contributed by atoms with Gasteiger partial charge < -0.3 is 14.6 Å². The van der Waals surface area contributed by atoms with Crippen molar-refractivity contribution in [3.8, 4) is 0 Å². The van der Waals surface area contributed by atoms with Crippen LogP contribution < -0.4 is 0 Å². The molecule has 0 aliphatic carbocycles. The Morgan fingerprint density at radius 3 is 2.36 bits per heavy atom. The Labute approximate surface area is 85.7 Å². The fourth-order valence-electron chi connectivity index (χ4n) is 1.46. The highest BCUT2D eigenvalue weighted by Crippen LogP contribution is 2.17. The smallest absolute Gasteiger partial charge is 0.111 e. The molecule has 1 saturated heterocycles. The fraction of sp³-hybridized carbons (Fsp3) is 0.818. The van der Waals surface area contributed by atoms with Gasteiger partial charge in [-0.1, -0.05) is 11.6 Å². The number of aliphatic hydroxyl groups is 1. The lowest BCUT2D eigenvalue weighted by atomic mass is 9.99. The van der Waals surface area contributed by atoms with E-state index in [1.807, 2.05) is 0 Å². The highest BCUT2D eigenvalue weighted by Gasteiger charge is 2.28. The van der Waals surface area contributed by atoms with Crippen molar-refractivity contribution in [2.45, 2.75) is 32.3 Å². The molecule has 0 radical (unpaired) electrons. The molecule has 0 amide bonds. The Hall–Kier alpha value is -0.380. The summed E-state index contributed by atoms with van der Waals surface area (Å²) < 4.78 is 10.5. The van der Waals surface area contributed by atoms with Crippen molar-refractivity contribution in [1.82, 2.24) is 0 Å². The van der Waals surface area contributed by atoms with E-state index in [2.05, 4.69) is 19.9 Å². The van der Waals surface area contributed by atoms with Crippen LogP contribution in [0.25, 0.3) is 0 Å². The SMILES string of the molecule is CC(C)=CCCC1(O)COCCOC1. The average Bonchev–Trinajstić information content (AvgIpc) is 2.30. The molecule has 0 atom stereocenters. The number of rotatable bonds is 3. The molecule has 1 rings (SSSR count). The third-order valence-corrected chi connectivity index (χ3v) is 2.28. The Morgan fingerprint density at radius 1 is 1.29 bits per heavy atom. The van der Waals surface area contributed by atoms with Gasteiger partial charge in [0.05, 0.1) is 26.4 Å². The summed E-state index contributed by atoms with van der Waals surface area (Å²) in [4.78, 5) is 0. The van der Waals surface area contributed by atoms with Crippen LogP contribution in [0.1, 0.15) is 26.7 Å². The standard InChI is InChI=1S/C11H20O3/c1-10(2)4-3-5-11(12)8-13-6-7-14-9-11/h4,12H,3,5-9H2,1-2H3. The van der Waals surface area contributed by atoms with E-state index in [4.69, 9.17) is 9.47 Å². The number of allylic oxidation sites excluding steroid dienone is 2. The van der Waals surface area contributed by atoms with Gasteiger partial charge in [0.2, 0.25) is 0 Å². The highest BCUT2D eigenvalue weighted by atomic mass is 16.6. The van der Waals surface area contributed by atoms with Crippen molar-refractivity contribution in [2.75, 3.05) is 26.4 Å². The average molecular weight is 200 g/mol. The van der Waals surface area contributed by atoms with E-state index in [9.17, 15) is 5.11 Å². The molecule has 0 aromatic carbocycles. The van der Waals surface area contributed by atoms with E-state index in [1.54, 1.807) is 0 Å². The van der Waals surface area contributed by atoms with Crippen LogP contribution in [-0.2, 0) is 9.47 Å². The van der Waals surface area contributed by atoms with Crippen molar-refractivity contribution in [3.63, 3.8) is 0 Å². The third kappa shape index (κ3) is 4.22. The molecule has 1 fully saturated rings. The molecule has 0 aromatic rings. The van der Waals surface area contributed by atoms with Gasteiger partial charge in [-0.25, -0.2) is 0 Å². The molecule has 14 heavy (non-hydrogen) atoms. The van der Waals surface area contributed by atoms with Crippen LogP contribution >= 0.6 is 0 Å². The molecule has 1 aliphatic rings. The summed E-state index contributed by atoms with van der Waals surface area (Å²) >= 11 is 0. The lowest BCUT2D eigenvalue weighted by molar-refractivity contribution is -0.0595. The Balaban J connectivity index is 2.35. The van der Waals surface area contributed by atoms with Crippen molar-refractivity contribution in [2.24, 2.45) is 0 Å². The van der Waals surface area contributed by atoms with E-state index in [1.165, 1.54) is 5.57 Å². The predicted octanol–water partition coefficient (Wildman–Crippen LogP) is 1.51. The zero-order valence-electron chi connectivity index (χ0n) is 9.08. The van der Waals surface area contributed by atoms with Gasteiger partial charge in [-0.3, -0.25) is 0 Å². The molecule has 0 saturated carbocycles. The first-order chi connectivity index (χ1) is 6.62.